The first kappa shape index (κ1) is 12.3. The van der Waals surface area contributed by atoms with Crippen LogP contribution >= 0.6 is 0 Å². The SMILES string of the molecule is O=C(NC1C2CC3CC1CC(O)(C3)C2)c1cccnc1. The van der Waals surface area contributed by atoms with Crippen LogP contribution in [0.2, 0.25) is 0 Å². The summed E-state index contributed by atoms with van der Waals surface area (Å²) < 4.78 is 0. The second-order valence-corrected chi connectivity index (χ2v) is 6.94. The highest BCUT2D eigenvalue weighted by molar-refractivity contribution is 5.94. The molecule has 5 rings (SSSR count). The van der Waals surface area contributed by atoms with E-state index in [4.69, 9.17) is 0 Å². The van der Waals surface area contributed by atoms with E-state index in [9.17, 15) is 9.90 Å². The van der Waals surface area contributed by atoms with Crippen LogP contribution in [0, 0.1) is 17.8 Å². The highest BCUT2D eigenvalue weighted by Crippen LogP contribution is 2.55. The third-order valence-corrected chi connectivity index (χ3v) is 5.46. The summed E-state index contributed by atoms with van der Waals surface area (Å²) >= 11 is 0. The summed E-state index contributed by atoms with van der Waals surface area (Å²) in [6.45, 7) is 0. The number of rotatable bonds is 2. The monoisotopic (exact) mass is 272 g/mol. The minimum absolute atomic E-state index is 0.0254. The molecule has 4 nitrogen and oxygen atoms in total. The molecule has 4 saturated carbocycles. The summed E-state index contributed by atoms with van der Waals surface area (Å²) in [4.78, 5) is 16.3. The predicted octanol–water partition coefficient (Wildman–Crippen LogP) is 1.75. The van der Waals surface area contributed by atoms with Crippen molar-refractivity contribution >= 4 is 5.91 Å². The zero-order valence-corrected chi connectivity index (χ0v) is 11.5. The summed E-state index contributed by atoms with van der Waals surface area (Å²) in [5.74, 6) is 1.55. The van der Waals surface area contributed by atoms with Gasteiger partial charge in [0.15, 0.2) is 0 Å². The van der Waals surface area contributed by atoms with Gasteiger partial charge in [0.1, 0.15) is 0 Å². The summed E-state index contributed by atoms with van der Waals surface area (Å²) in [6, 6.07) is 3.82. The van der Waals surface area contributed by atoms with Gasteiger partial charge in [-0.15, -0.1) is 0 Å². The predicted molar refractivity (Wildman–Crippen MR) is 74.0 cm³/mol. The third kappa shape index (κ3) is 1.94. The van der Waals surface area contributed by atoms with Gasteiger partial charge < -0.3 is 10.4 Å². The molecule has 1 aromatic heterocycles. The van der Waals surface area contributed by atoms with Crippen molar-refractivity contribution in [1.82, 2.24) is 10.3 Å². The van der Waals surface area contributed by atoms with Crippen molar-refractivity contribution in [1.29, 1.82) is 0 Å². The molecule has 4 aliphatic rings. The number of carbonyl (C=O) groups excluding carboxylic acids is 1. The molecule has 106 valence electrons. The lowest BCUT2D eigenvalue weighted by molar-refractivity contribution is -0.136. The molecule has 1 heterocycles. The topological polar surface area (TPSA) is 62.2 Å². The van der Waals surface area contributed by atoms with E-state index in [-0.39, 0.29) is 11.9 Å². The first-order valence-electron chi connectivity index (χ1n) is 7.56. The first-order valence-corrected chi connectivity index (χ1v) is 7.56. The maximum absolute atomic E-state index is 12.3. The van der Waals surface area contributed by atoms with Crippen LogP contribution in [0.4, 0.5) is 0 Å². The highest BCUT2D eigenvalue weighted by Gasteiger charge is 2.54. The quantitative estimate of drug-likeness (QED) is 0.862. The maximum atomic E-state index is 12.3. The molecule has 0 spiro atoms. The number of pyridine rings is 1. The Hall–Kier alpha value is -1.42. The number of hydrogen-bond acceptors (Lipinski definition) is 3. The minimum Gasteiger partial charge on any atom is -0.390 e. The number of aliphatic hydroxyl groups is 1. The van der Waals surface area contributed by atoms with Gasteiger partial charge in [0.25, 0.3) is 5.91 Å². The Morgan fingerprint density at radius 1 is 1.30 bits per heavy atom. The second kappa shape index (κ2) is 4.29. The second-order valence-electron chi connectivity index (χ2n) is 6.94. The molecule has 4 aliphatic carbocycles. The number of hydrogen-bond donors (Lipinski definition) is 2. The van der Waals surface area contributed by atoms with Gasteiger partial charge in [-0.3, -0.25) is 9.78 Å². The van der Waals surface area contributed by atoms with Crippen molar-refractivity contribution in [3.63, 3.8) is 0 Å². The fraction of sp³-hybridized carbons (Fsp3) is 0.625. The van der Waals surface area contributed by atoms with E-state index in [0.717, 1.165) is 32.1 Å². The summed E-state index contributed by atoms with van der Waals surface area (Å²) in [7, 11) is 0. The fourth-order valence-electron chi connectivity index (χ4n) is 4.95. The van der Waals surface area contributed by atoms with Crippen LogP contribution in [0.25, 0.3) is 0 Å². The molecule has 4 heteroatoms. The molecule has 0 radical (unpaired) electrons. The number of carbonyl (C=O) groups is 1. The Morgan fingerprint density at radius 2 is 2.05 bits per heavy atom. The molecule has 1 aromatic rings. The molecule has 0 saturated heterocycles. The Morgan fingerprint density at radius 3 is 2.65 bits per heavy atom. The van der Waals surface area contributed by atoms with E-state index in [0.29, 0.717) is 23.3 Å². The molecule has 2 atom stereocenters. The van der Waals surface area contributed by atoms with Crippen LogP contribution in [-0.4, -0.2) is 27.6 Å². The van der Waals surface area contributed by atoms with Gasteiger partial charge in [-0.25, -0.2) is 0 Å². The van der Waals surface area contributed by atoms with Gasteiger partial charge in [0.2, 0.25) is 0 Å². The Bertz CT molecular complexity index is 515. The van der Waals surface area contributed by atoms with E-state index in [1.807, 2.05) is 0 Å². The van der Waals surface area contributed by atoms with Crippen molar-refractivity contribution in [2.24, 2.45) is 17.8 Å². The maximum Gasteiger partial charge on any atom is 0.253 e. The van der Waals surface area contributed by atoms with Gasteiger partial charge >= 0.3 is 0 Å². The number of aromatic nitrogens is 1. The van der Waals surface area contributed by atoms with Gasteiger partial charge in [-0.05, 0) is 62.0 Å². The Balaban J connectivity index is 1.52. The van der Waals surface area contributed by atoms with Crippen LogP contribution < -0.4 is 5.32 Å². The highest BCUT2D eigenvalue weighted by atomic mass is 16.3. The minimum atomic E-state index is -0.438. The molecular weight excluding hydrogens is 252 g/mol. The Kier molecular flexibility index (Phi) is 2.64. The molecule has 0 aliphatic heterocycles. The summed E-state index contributed by atoms with van der Waals surface area (Å²) in [5.41, 5.74) is 0.187. The third-order valence-electron chi connectivity index (χ3n) is 5.46. The van der Waals surface area contributed by atoms with Crippen LogP contribution in [0.3, 0.4) is 0 Å². The molecule has 4 bridgehead atoms. The first-order chi connectivity index (χ1) is 9.63. The lowest BCUT2D eigenvalue weighted by atomic mass is 9.52. The van der Waals surface area contributed by atoms with Crippen molar-refractivity contribution in [3.05, 3.63) is 30.1 Å². The standard InChI is InChI=1S/C16H20N2O2/c19-15(11-2-1-3-17-9-11)18-14-12-4-10-5-13(14)8-16(20,6-10)7-12/h1-3,9-10,12-14,20H,4-8H2,(H,18,19). The molecule has 20 heavy (non-hydrogen) atoms. The van der Waals surface area contributed by atoms with E-state index in [2.05, 4.69) is 10.3 Å². The van der Waals surface area contributed by atoms with Crippen LogP contribution in [0.5, 0.6) is 0 Å². The smallest absolute Gasteiger partial charge is 0.253 e. The number of amides is 1. The van der Waals surface area contributed by atoms with Gasteiger partial charge in [-0.2, -0.15) is 0 Å². The van der Waals surface area contributed by atoms with Crippen molar-refractivity contribution in [3.8, 4) is 0 Å². The van der Waals surface area contributed by atoms with Gasteiger partial charge in [0, 0.05) is 18.4 Å². The van der Waals surface area contributed by atoms with Crippen molar-refractivity contribution in [2.75, 3.05) is 0 Å². The molecular formula is C16H20N2O2. The van der Waals surface area contributed by atoms with E-state index in [1.165, 1.54) is 0 Å². The molecule has 4 fully saturated rings. The van der Waals surface area contributed by atoms with Gasteiger partial charge in [-0.1, -0.05) is 0 Å². The zero-order valence-electron chi connectivity index (χ0n) is 11.5. The van der Waals surface area contributed by atoms with E-state index < -0.39 is 5.60 Å². The largest absolute Gasteiger partial charge is 0.390 e. The van der Waals surface area contributed by atoms with Gasteiger partial charge in [0.05, 0.1) is 11.2 Å². The molecule has 2 unspecified atom stereocenters. The van der Waals surface area contributed by atoms with Crippen molar-refractivity contribution < 1.29 is 9.90 Å². The van der Waals surface area contributed by atoms with E-state index in [1.54, 1.807) is 24.5 Å². The lowest BCUT2D eigenvalue weighted by Crippen LogP contribution is -2.61. The normalized spacial score (nSPS) is 41.6. The summed E-state index contributed by atoms with van der Waals surface area (Å²) in [6.07, 6.45) is 8.31. The lowest BCUT2D eigenvalue weighted by Gasteiger charge is -2.58. The van der Waals surface area contributed by atoms with E-state index >= 15 is 0 Å². The van der Waals surface area contributed by atoms with Crippen LogP contribution in [-0.2, 0) is 0 Å². The zero-order chi connectivity index (χ0) is 13.7. The average Bonchev–Trinajstić information content (AvgIpc) is 2.42. The number of nitrogens with zero attached hydrogens (tertiary/aromatic N) is 1. The average molecular weight is 272 g/mol. The molecule has 1 amide bonds. The molecule has 0 aromatic carbocycles. The number of nitrogens with one attached hydrogen (secondary N) is 1. The fourth-order valence-corrected chi connectivity index (χ4v) is 4.95. The Labute approximate surface area is 118 Å². The van der Waals surface area contributed by atoms with Crippen molar-refractivity contribution in [2.45, 2.75) is 43.7 Å². The molecule has 2 N–H and O–H groups in total. The van der Waals surface area contributed by atoms with Crippen LogP contribution in [0.1, 0.15) is 42.5 Å². The summed E-state index contributed by atoms with van der Waals surface area (Å²) in [5, 5.41) is 13.8. The van der Waals surface area contributed by atoms with Crippen LogP contribution in [0.15, 0.2) is 24.5 Å².